The zero-order valence-electron chi connectivity index (χ0n) is 25.3. The van der Waals surface area contributed by atoms with Gasteiger partial charge in [0.05, 0.1) is 18.8 Å². The van der Waals surface area contributed by atoms with Gasteiger partial charge in [-0.1, -0.05) is 168 Å². The molecule has 0 spiro atoms. The van der Waals surface area contributed by atoms with Gasteiger partial charge in [-0.25, -0.2) is 0 Å². The van der Waals surface area contributed by atoms with E-state index >= 15 is 0 Å². The molecule has 0 radical (unpaired) electrons. The molecule has 222 valence electrons. The second-order valence-corrected chi connectivity index (χ2v) is 11.6. The third kappa shape index (κ3) is 26.8. The summed E-state index contributed by atoms with van der Waals surface area (Å²) >= 11 is 0. The SMILES string of the molecule is CCCCCCCCCCCCCCCCCCCCCC(O)C(CO)NC(=O)CCCCCCCC. The summed E-state index contributed by atoms with van der Waals surface area (Å²) in [5, 5.41) is 22.8. The van der Waals surface area contributed by atoms with E-state index in [9.17, 15) is 15.0 Å². The van der Waals surface area contributed by atoms with Gasteiger partial charge in [0.15, 0.2) is 0 Å². The molecule has 0 saturated carbocycles. The summed E-state index contributed by atoms with van der Waals surface area (Å²) < 4.78 is 0. The number of carbonyl (C=O) groups is 1. The van der Waals surface area contributed by atoms with Gasteiger partial charge in [0.1, 0.15) is 0 Å². The molecule has 0 fully saturated rings. The Bertz CT molecular complexity index is 457. The highest BCUT2D eigenvalue weighted by Crippen LogP contribution is 2.15. The molecule has 3 N–H and O–H groups in total. The Morgan fingerprint density at radius 3 is 1.22 bits per heavy atom. The van der Waals surface area contributed by atoms with Gasteiger partial charge in [-0.3, -0.25) is 4.79 Å². The molecule has 4 heteroatoms. The van der Waals surface area contributed by atoms with Gasteiger partial charge >= 0.3 is 0 Å². The second-order valence-electron chi connectivity index (χ2n) is 11.6. The highest BCUT2D eigenvalue weighted by molar-refractivity contribution is 5.76. The quantitative estimate of drug-likeness (QED) is 0.0818. The van der Waals surface area contributed by atoms with Crippen LogP contribution in [0.3, 0.4) is 0 Å². The van der Waals surface area contributed by atoms with Crippen LogP contribution < -0.4 is 5.32 Å². The van der Waals surface area contributed by atoms with Crippen molar-refractivity contribution >= 4 is 5.91 Å². The molecule has 0 aromatic rings. The third-order valence-electron chi connectivity index (χ3n) is 7.87. The van der Waals surface area contributed by atoms with Gasteiger partial charge < -0.3 is 15.5 Å². The number of aliphatic hydroxyl groups excluding tert-OH is 2. The molecule has 0 rings (SSSR count). The number of carbonyl (C=O) groups excluding carboxylic acids is 1. The van der Waals surface area contributed by atoms with Gasteiger partial charge in [-0.15, -0.1) is 0 Å². The van der Waals surface area contributed by atoms with Gasteiger partial charge in [0.2, 0.25) is 5.91 Å². The van der Waals surface area contributed by atoms with Crippen molar-refractivity contribution < 1.29 is 15.0 Å². The maximum absolute atomic E-state index is 12.1. The van der Waals surface area contributed by atoms with Crippen molar-refractivity contribution in [3.63, 3.8) is 0 Å². The lowest BCUT2D eigenvalue weighted by molar-refractivity contribution is -0.123. The van der Waals surface area contributed by atoms with Crippen LogP contribution in [0.5, 0.6) is 0 Å². The summed E-state index contributed by atoms with van der Waals surface area (Å²) in [7, 11) is 0. The first-order valence-corrected chi connectivity index (χ1v) is 16.7. The summed E-state index contributed by atoms with van der Waals surface area (Å²) in [6.07, 6.45) is 33.1. The molecule has 37 heavy (non-hydrogen) atoms. The number of unbranched alkanes of at least 4 members (excludes halogenated alkanes) is 23. The molecule has 0 aliphatic carbocycles. The summed E-state index contributed by atoms with van der Waals surface area (Å²) in [5.74, 6) is -0.0400. The van der Waals surface area contributed by atoms with E-state index in [1.54, 1.807) is 0 Å². The van der Waals surface area contributed by atoms with Gasteiger partial charge in [-0.2, -0.15) is 0 Å². The average molecular weight is 526 g/mol. The van der Waals surface area contributed by atoms with Crippen LogP contribution in [0.1, 0.15) is 187 Å². The standard InChI is InChI=1S/C33H67NO3/c1-3-5-7-9-11-12-13-14-15-16-17-18-19-20-21-22-23-24-26-28-32(36)31(30-35)34-33(37)29-27-25-10-8-6-4-2/h31-32,35-36H,3-30H2,1-2H3,(H,34,37). The molecule has 0 aromatic heterocycles. The van der Waals surface area contributed by atoms with Gasteiger partial charge in [0.25, 0.3) is 0 Å². The van der Waals surface area contributed by atoms with Crippen LogP contribution in [0, 0.1) is 0 Å². The molecular formula is C33H67NO3. The highest BCUT2D eigenvalue weighted by atomic mass is 16.3. The minimum absolute atomic E-state index is 0.0400. The van der Waals surface area contributed by atoms with Gasteiger partial charge in [-0.05, 0) is 12.8 Å². The monoisotopic (exact) mass is 526 g/mol. The Labute approximate surface area is 232 Å². The molecule has 0 saturated heterocycles. The Morgan fingerprint density at radius 1 is 0.541 bits per heavy atom. The van der Waals surface area contributed by atoms with Crippen LogP contribution in [-0.2, 0) is 4.79 Å². The first-order valence-electron chi connectivity index (χ1n) is 16.7. The average Bonchev–Trinajstić information content (AvgIpc) is 2.90. The maximum Gasteiger partial charge on any atom is 0.220 e. The molecule has 0 heterocycles. The summed E-state index contributed by atoms with van der Waals surface area (Å²) in [5.41, 5.74) is 0. The van der Waals surface area contributed by atoms with Crippen molar-refractivity contribution in [2.45, 2.75) is 199 Å². The first-order chi connectivity index (χ1) is 18.2. The number of hydrogen-bond acceptors (Lipinski definition) is 3. The van der Waals surface area contributed by atoms with Crippen LogP contribution in [0.4, 0.5) is 0 Å². The number of amides is 1. The zero-order chi connectivity index (χ0) is 27.2. The number of nitrogens with one attached hydrogen (secondary N) is 1. The van der Waals surface area contributed by atoms with Crippen molar-refractivity contribution in [1.82, 2.24) is 5.32 Å². The Balaban J connectivity index is 3.45. The van der Waals surface area contributed by atoms with E-state index in [0.29, 0.717) is 12.8 Å². The fourth-order valence-electron chi connectivity index (χ4n) is 5.24. The second kappa shape index (κ2) is 29.9. The molecule has 2 atom stereocenters. The normalized spacial score (nSPS) is 13.1. The lowest BCUT2D eigenvalue weighted by Crippen LogP contribution is -2.45. The maximum atomic E-state index is 12.1. The van der Waals surface area contributed by atoms with Crippen LogP contribution in [0.25, 0.3) is 0 Å². The third-order valence-corrected chi connectivity index (χ3v) is 7.87. The van der Waals surface area contributed by atoms with Crippen LogP contribution in [-0.4, -0.2) is 34.9 Å². The summed E-state index contributed by atoms with van der Waals surface area (Å²) in [6, 6.07) is -0.525. The van der Waals surface area contributed by atoms with E-state index in [1.807, 2.05) is 0 Å². The zero-order valence-corrected chi connectivity index (χ0v) is 25.3. The van der Waals surface area contributed by atoms with E-state index < -0.39 is 12.1 Å². The Kier molecular flexibility index (Phi) is 29.4. The van der Waals surface area contributed by atoms with Crippen molar-refractivity contribution in [3.8, 4) is 0 Å². The van der Waals surface area contributed by atoms with E-state index in [0.717, 1.165) is 25.7 Å². The largest absolute Gasteiger partial charge is 0.394 e. The molecule has 1 amide bonds. The van der Waals surface area contributed by atoms with Crippen molar-refractivity contribution in [2.24, 2.45) is 0 Å². The number of hydrogen-bond donors (Lipinski definition) is 3. The molecule has 0 aromatic carbocycles. The molecule has 0 bridgehead atoms. The first kappa shape index (κ1) is 36.4. The lowest BCUT2D eigenvalue weighted by Gasteiger charge is -2.22. The van der Waals surface area contributed by atoms with Gasteiger partial charge in [0, 0.05) is 6.42 Å². The van der Waals surface area contributed by atoms with Crippen molar-refractivity contribution in [3.05, 3.63) is 0 Å². The topological polar surface area (TPSA) is 69.6 Å². The molecule has 0 aliphatic heterocycles. The van der Waals surface area contributed by atoms with Crippen LogP contribution in [0.2, 0.25) is 0 Å². The van der Waals surface area contributed by atoms with E-state index in [2.05, 4.69) is 19.2 Å². The Morgan fingerprint density at radius 2 is 0.865 bits per heavy atom. The number of rotatable bonds is 30. The fourth-order valence-corrected chi connectivity index (χ4v) is 5.24. The lowest BCUT2D eigenvalue weighted by atomic mass is 10.0. The minimum atomic E-state index is -0.649. The van der Waals surface area contributed by atoms with E-state index in [1.165, 1.54) is 135 Å². The molecule has 0 aliphatic rings. The Hall–Kier alpha value is -0.610. The molecule has 2 unspecified atom stereocenters. The van der Waals surface area contributed by atoms with E-state index in [-0.39, 0.29) is 12.5 Å². The summed E-state index contributed by atoms with van der Waals surface area (Å²) in [6.45, 7) is 4.30. The van der Waals surface area contributed by atoms with E-state index in [4.69, 9.17) is 0 Å². The summed E-state index contributed by atoms with van der Waals surface area (Å²) in [4.78, 5) is 12.1. The molecule has 4 nitrogen and oxygen atoms in total. The predicted octanol–water partition coefficient (Wildman–Crippen LogP) is 9.40. The highest BCUT2D eigenvalue weighted by Gasteiger charge is 2.19. The smallest absolute Gasteiger partial charge is 0.220 e. The minimum Gasteiger partial charge on any atom is -0.394 e. The molecular weight excluding hydrogens is 458 g/mol. The van der Waals surface area contributed by atoms with Crippen LogP contribution in [0.15, 0.2) is 0 Å². The van der Waals surface area contributed by atoms with Crippen molar-refractivity contribution in [1.29, 1.82) is 0 Å². The van der Waals surface area contributed by atoms with Crippen molar-refractivity contribution in [2.75, 3.05) is 6.61 Å². The fraction of sp³-hybridized carbons (Fsp3) is 0.970. The number of aliphatic hydroxyl groups is 2. The predicted molar refractivity (Wildman–Crippen MR) is 161 cm³/mol. The van der Waals surface area contributed by atoms with Crippen LogP contribution >= 0.6 is 0 Å².